The zero-order valence-corrected chi connectivity index (χ0v) is 17.8. The highest BCUT2D eigenvalue weighted by Gasteiger charge is 2.20. The molecule has 0 aromatic heterocycles. The predicted octanol–water partition coefficient (Wildman–Crippen LogP) is 2.16. The summed E-state index contributed by atoms with van der Waals surface area (Å²) < 4.78 is 0. The second kappa shape index (κ2) is 10.9. The first kappa shape index (κ1) is 22.0. The monoisotopic (exact) mass is 385 g/mol. The molecule has 1 aliphatic rings. The van der Waals surface area contributed by atoms with Gasteiger partial charge in [0, 0.05) is 46.3 Å². The molecule has 0 spiro atoms. The molecule has 0 atom stereocenters. The van der Waals surface area contributed by atoms with Crippen molar-refractivity contribution < 1.29 is 4.79 Å². The number of nitrogens with zero attached hydrogens (tertiary/aromatic N) is 3. The van der Waals surface area contributed by atoms with Gasteiger partial charge in [-0.1, -0.05) is 36.4 Å². The Morgan fingerprint density at radius 2 is 1.96 bits per heavy atom. The highest BCUT2D eigenvalue weighted by molar-refractivity contribution is 5.85. The fourth-order valence-electron chi connectivity index (χ4n) is 3.13. The number of aliphatic imine (C=N–C) groups is 1. The maximum absolute atomic E-state index is 11.9. The van der Waals surface area contributed by atoms with Gasteiger partial charge in [-0.3, -0.25) is 9.69 Å². The Kier molecular flexibility index (Phi) is 8.51. The summed E-state index contributed by atoms with van der Waals surface area (Å²) in [5.41, 5.74) is 3.79. The van der Waals surface area contributed by atoms with Crippen molar-refractivity contribution in [2.24, 2.45) is 4.99 Å². The molecule has 1 heterocycles. The number of benzene rings is 1. The second-order valence-electron chi connectivity index (χ2n) is 7.88. The van der Waals surface area contributed by atoms with E-state index >= 15 is 0 Å². The van der Waals surface area contributed by atoms with Gasteiger partial charge < -0.3 is 15.5 Å². The molecule has 1 aromatic rings. The van der Waals surface area contributed by atoms with E-state index in [-0.39, 0.29) is 12.5 Å². The third kappa shape index (κ3) is 7.35. The first-order valence-electron chi connectivity index (χ1n) is 10.0. The number of rotatable bonds is 7. The van der Waals surface area contributed by atoms with Crippen molar-refractivity contribution in [3.05, 3.63) is 47.5 Å². The van der Waals surface area contributed by atoms with Gasteiger partial charge in [0.2, 0.25) is 5.91 Å². The van der Waals surface area contributed by atoms with E-state index in [2.05, 4.69) is 58.3 Å². The van der Waals surface area contributed by atoms with Crippen LogP contribution in [0.15, 0.2) is 41.4 Å². The molecule has 2 N–H and O–H groups in total. The predicted molar refractivity (Wildman–Crippen MR) is 116 cm³/mol. The summed E-state index contributed by atoms with van der Waals surface area (Å²) in [5.74, 6) is 0.681. The lowest BCUT2D eigenvalue weighted by Gasteiger charge is -2.33. The Bertz CT molecular complexity index is 690. The third-order valence-electron chi connectivity index (χ3n) is 5.01. The van der Waals surface area contributed by atoms with Crippen molar-refractivity contribution in [3.63, 3.8) is 0 Å². The largest absolute Gasteiger partial charge is 0.354 e. The molecule has 0 aliphatic carbocycles. The minimum Gasteiger partial charge on any atom is -0.354 e. The normalized spacial score (nSPS) is 15.9. The van der Waals surface area contributed by atoms with Gasteiger partial charge >= 0.3 is 0 Å². The van der Waals surface area contributed by atoms with Crippen LogP contribution in [0.4, 0.5) is 0 Å². The van der Waals surface area contributed by atoms with Crippen molar-refractivity contribution in [1.82, 2.24) is 20.4 Å². The minimum absolute atomic E-state index is 0.00975. The number of carbonyl (C=O) groups excluding carboxylic acids is 1. The summed E-state index contributed by atoms with van der Waals surface area (Å²) >= 11 is 0. The summed E-state index contributed by atoms with van der Waals surface area (Å²) in [6, 6.07) is 8.96. The number of aryl methyl sites for hydroxylation is 1. The Balaban J connectivity index is 1.87. The summed E-state index contributed by atoms with van der Waals surface area (Å²) in [6.45, 7) is 12.0. The lowest BCUT2D eigenvalue weighted by atomic mass is 10.0. The van der Waals surface area contributed by atoms with Crippen LogP contribution < -0.4 is 10.6 Å². The van der Waals surface area contributed by atoms with Crippen LogP contribution in [0.3, 0.4) is 0 Å². The number of likely N-dealkylation sites (N-methyl/N-ethyl adjacent to an activating group) is 1. The molecule has 1 fully saturated rings. The lowest BCUT2D eigenvalue weighted by molar-refractivity contribution is -0.127. The molecule has 0 bridgehead atoms. The summed E-state index contributed by atoms with van der Waals surface area (Å²) in [4.78, 5) is 20.4. The maximum atomic E-state index is 11.9. The molecule has 1 saturated heterocycles. The van der Waals surface area contributed by atoms with Crippen molar-refractivity contribution in [3.8, 4) is 0 Å². The average Bonchev–Trinajstić information content (AvgIpc) is 2.66. The minimum atomic E-state index is -0.00975. The first-order chi connectivity index (χ1) is 13.3. The van der Waals surface area contributed by atoms with E-state index in [4.69, 9.17) is 0 Å². The van der Waals surface area contributed by atoms with Gasteiger partial charge in [-0.15, -0.1) is 0 Å². The van der Waals surface area contributed by atoms with Gasteiger partial charge in [0.1, 0.15) is 6.54 Å². The van der Waals surface area contributed by atoms with Gasteiger partial charge in [0.05, 0.1) is 0 Å². The molecule has 0 unspecified atom stereocenters. The zero-order chi connectivity index (χ0) is 20.5. The molecular formula is C22H35N5O. The number of nitrogens with one attached hydrogen (secondary N) is 2. The fourth-order valence-corrected chi connectivity index (χ4v) is 3.13. The van der Waals surface area contributed by atoms with Crippen molar-refractivity contribution in [1.29, 1.82) is 0 Å². The van der Waals surface area contributed by atoms with Crippen LogP contribution >= 0.6 is 0 Å². The smallest absolute Gasteiger partial charge is 0.243 e. The van der Waals surface area contributed by atoms with E-state index < -0.39 is 0 Å². The molecule has 28 heavy (non-hydrogen) atoms. The highest BCUT2D eigenvalue weighted by atomic mass is 16.2. The summed E-state index contributed by atoms with van der Waals surface area (Å²) in [6.07, 6.45) is 2.11. The number of hydrogen-bond acceptors (Lipinski definition) is 3. The number of carbonyl (C=O) groups is 1. The molecule has 154 valence electrons. The second-order valence-corrected chi connectivity index (χ2v) is 7.88. The van der Waals surface area contributed by atoms with Crippen LogP contribution in [0.25, 0.3) is 0 Å². The molecule has 6 heteroatoms. The standard InChI is InChI=1S/C22H35N5O/c1-17(2)14-23-22(24-15-21(28)26(4)5)25-20-10-12-27(13-11-20)16-19-9-7-6-8-18(19)3/h6-9,20H,1,10-16H2,2-5H3,(H2,23,24,25). The van der Waals surface area contributed by atoms with E-state index in [1.54, 1.807) is 19.0 Å². The first-order valence-corrected chi connectivity index (χ1v) is 10.0. The molecular weight excluding hydrogens is 350 g/mol. The van der Waals surface area contributed by atoms with E-state index in [9.17, 15) is 4.79 Å². The van der Waals surface area contributed by atoms with Crippen LogP contribution in [0.1, 0.15) is 30.9 Å². The van der Waals surface area contributed by atoms with Crippen molar-refractivity contribution in [2.45, 2.75) is 39.3 Å². The van der Waals surface area contributed by atoms with Crippen molar-refractivity contribution >= 4 is 11.9 Å². The van der Waals surface area contributed by atoms with Gasteiger partial charge in [0.15, 0.2) is 5.96 Å². The number of piperidine rings is 1. The fraction of sp³-hybridized carbons (Fsp3) is 0.545. The van der Waals surface area contributed by atoms with Crippen LogP contribution in [-0.4, -0.2) is 68.0 Å². The maximum Gasteiger partial charge on any atom is 0.243 e. The van der Waals surface area contributed by atoms with Crippen LogP contribution in [-0.2, 0) is 11.3 Å². The van der Waals surface area contributed by atoms with Crippen LogP contribution in [0.2, 0.25) is 0 Å². The van der Waals surface area contributed by atoms with Gasteiger partial charge in [-0.25, -0.2) is 4.99 Å². The Hall–Kier alpha value is -2.34. The highest BCUT2D eigenvalue weighted by Crippen LogP contribution is 2.16. The average molecular weight is 386 g/mol. The quantitative estimate of drug-likeness (QED) is 0.429. The Morgan fingerprint density at radius 1 is 1.29 bits per heavy atom. The molecule has 0 saturated carbocycles. The van der Waals surface area contributed by atoms with Crippen molar-refractivity contribution in [2.75, 3.05) is 40.3 Å². The van der Waals surface area contributed by atoms with Gasteiger partial charge in [-0.05, 0) is 37.8 Å². The van der Waals surface area contributed by atoms with E-state index in [1.807, 2.05) is 6.92 Å². The molecule has 1 amide bonds. The Labute approximate surface area is 169 Å². The molecule has 2 rings (SSSR count). The number of guanidine groups is 1. The summed E-state index contributed by atoms with van der Waals surface area (Å²) in [5, 5.41) is 6.78. The van der Waals surface area contributed by atoms with E-state index in [1.165, 1.54) is 11.1 Å². The van der Waals surface area contributed by atoms with E-state index in [0.29, 0.717) is 18.5 Å². The molecule has 0 radical (unpaired) electrons. The van der Waals surface area contributed by atoms with Crippen LogP contribution in [0, 0.1) is 6.92 Å². The number of likely N-dealkylation sites (tertiary alicyclic amines) is 1. The number of hydrogen-bond donors (Lipinski definition) is 2. The zero-order valence-electron chi connectivity index (χ0n) is 17.8. The van der Waals surface area contributed by atoms with E-state index in [0.717, 1.165) is 38.0 Å². The Morgan fingerprint density at radius 3 is 2.57 bits per heavy atom. The topological polar surface area (TPSA) is 60.0 Å². The molecule has 1 aliphatic heterocycles. The molecule has 1 aromatic carbocycles. The molecule has 6 nitrogen and oxygen atoms in total. The summed E-state index contributed by atoms with van der Waals surface area (Å²) in [7, 11) is 3.49. The van der Waals surface area contributed by atoms with Crippen LogP contribution in [0.5, 0.6) is 0 Å². The van der Waals surface area contributed by atoms with Gasteiger partial charge in [-0.2, -0.15) is 0 Å². The third-order valence-corrected chi connectivity index (χ3v) is 5.01. The van der Waals surface area contributed by atoms with Gasteiger partial charge in [0.25, 0.3) is 0 Å². The lowest BCUT2D eigenvalue weighted by Crippen LogP contribution is -2.49. The number of amides is 1. The SMILES string of the molecule is C=C(C)CNC(=NCC(=O)N(C)C)NC1CCN(Cc2ccccc2C)CC1.